The van der Waals surface area contributed by atoms with Crippen molar-refractivity contribution in [2.24, 2.45) is 0 Å². The van der Waals surface area contributed by atoms with Crippen molar-refractivity contribution in [3.63, 3.8) is 0 Å². The average molecular weight is 279 g/mol. The van der Waals surface area contributed by atoms with Gasteiger partial charge in [0.25, 0.3) is 0 Å². The summed E-state index contributed by atoms with van der Waals surface area (Å²) >= 11 is 0. The lowest BCUT2D eigenvalue weighted by Crippen LogP contribution is -2.48. The fourth-order valence-corrected chi connectivity index (χ4v) is 2.63. The Morgan fingerprint density at radius 2 is 2.15 bits per heavy atom. The van der Waals surface area contributed by atoms with E-state index in [9.17, 15) is 9.90 Å². The molecule has 0 aliphatic heterocycles. The van der Waals surface area contributed by atoms with E-state index < -0.39 is 11.5 Å². The third-order valence-electron chi connectivity index (χ3n) is 3.80. The monoisotopic (exact) mass is 279 g/mol. The fraction of sp³-hybridized carbons (Fsp3) is 0.533. The number of benzene rings is 1. The molecule has 1 aromatic rings. The van der Waals surface area contributed by atoms with E-state index in [2.05, 4.69) is 5.32 Å². The summed E-state index contributed by atoms with van der Waals surface area (Å²) in [5.41, 5.74) is -0.870. The van der Waals surface area contributed by atoms with Gasteiger partial charge in [-0.25, -0.2) is 0 Å². The van der Waals surface area contributed by atoms with Crippen LogP contribution in [-0.4, -0.2) is 36.4 Å². The number of carboxylic acids is 1. The first kappa shape index (κ1) is 14.7. The molecule has 2 N–H and O–H groups in total. The number of hydrogen-bond acceptors (Lipinski definition) is 4. The molecule has 5 heteroatoms. The molecule has 0 spiro atoms. The fourth-order valence-electron chi connectivity index (χ4n) is 2.63. The number of ether oxygens (including phenoxy) is 2. The smallest absolute Gasteiger partial charge is 0.324 e. The van der Waals surface area contributed by atoms with Crippen molar-refractivity contribution in [2.45, 2.75) is 37.8 Å². The summed E-state index contributed by atoms with van der Waals surface area (Å²) in [5.74, 6) is 0.563. The highest BCUT2D eigenvalue weighted by molar-refractivity contribution is 5.79. The molecule has 110 valence electrons. The standard InChI is InChI=1S/C15H21NO4/c1-3-19-12-6-4-5-7-13(12)20-11-8-9-15(10-11,16-2)14(17)18/h4-7,11,16H,3,8-10H2,1-2H3,(H,17,18). The van der Waals surface area contributed by atoms with Gasteiger partial charge in [0.1, 0.15) is 11.6 Å². The van der Waals surface area contributed by atoms with Crippen molar-refractivity contribution in [1.29, 1.82) is 0 Å². The molecular formula is C15H21NO4. The maximum Gasteiger partial charge on any atom is 0.324 e. The van der Waals surface area contributed by atoms with Crippen LogP contribution in [0.1, 0.15) is 26.2 Å². The van der Waals surface area contributed by atoms with Gasteiger partial charge in [-0.2, -0.15) is 0 Å². The van der Waals surface area contributed by atoms with E-state index in [4.69, 9.17) is 9.47 Å². The Morgan fingerprint density at radius 3 is 2.70 bits per heavy atom. The van der Waals surface area contributed by atoms with Crippen LogP contribution < -0.4 is 14.8 Å². The van der Waals surface area contributed by atoms with Crippen molar-refractivity contribution in [1.82, 2.24) is 5.32 Å². The number of likely N-dealkylation sites (N-methyl/N-ethyl adjacent to an activating group) is 1. The largest absolute Gasteiger partial charge is 0.490 e. The first-order valence-electron chi connectivity index (χ1n) is 6.92. The third-order valence-corrected chi connectivity index (χ3v) is 3.80. The minimum absolute atomic E-state index is 0.111. The topological polar surface area (TPSA) is 67.8 Å². The van der Waals surface area contributed by atoms with E-state index in [1.165, 1.54) is 0 Å². The minimum Gasteiger partial charge on any atom is -0.490 e. The molecule has 2 rings (SSSR count). The van der Waals surface area contributed by atoms with Crippen molar-refractivity contribution in [3.8, 4) is 11.5 Å². The number of hydrogen-bond donors (Lipinski definition) is 2. The summed E-state index contributed by atoms with van der Waals surface area (Å²) in [6.45, 7) is 2.49. The van der Waals surface area contributed by atoms with Gasteiger partial charge in [-0.3, -0.25) is 4.79 Å². The quantitative estimate of drug-likeness (QED) is 0.834. The van der Waals surface area contributed by atoms with E-state index in [1.807, 2.05) is 31.2 Å². The summed E-state index contributed by atoms with van der Waals surface area (Å²) < 4.78 is 11.5. The van der Waals surface area contributed by atoms with Gasteiger partial charge in [0.05, 0.1) is 6.61 Å². The average Bonchev–Trinajstić information content (AvgIpc) is 2.86. The second kappa shape index (κ2) is 6.13. The number of aliphatic carboxylic acids is 1. The number of para-hydroxylation sites is 2. The van der Waals surface area contributed by atoms with Crippen molar-refractivity contribution in [2.75, 3.05) is 13.7 Å². The van der Waals surface area contributed by atoms with Crippen LogP contribution in [-0.2, 0) is 4.79 Å². The van der Waals surface area contributed by atoms with Crippen molar-refractivity contribution >= 4 is 5.97 Å². The molecule has 2 unspecified atom stereocenters. The predicted octanol–water partition coefficient (Wildman–Crippen LogP) is 2.06. The van der Waals surface area contributed by atoms with E-state index in [1.54, 1.807) is 7.05 Å². The lowest BCUT2D eigenvalue weighted by Gasteiger charge is -2.23. The first-order chi connectivity index (χ1) is 9.61. The lowest BCUT2D eigenvalue weighted by molar-refractivity contribution is -0.144. The van der Waals surface area contributed by atoms with E-state index in [0.29, 0.717) is 37.4 Å². The zero-order valence-corrected chi connectivity index (χ0v) is 11.9. The Morgan fingerprint density at radius 1 is 1.45 bits per heavy atom. The molecule has 1 fully saturated rings. The highest BCUT2D eigenvalue weighted by atomic mass is 16.5. The summed E-state index contributed by atoms with van der Waals surface area (Å²) in [5, 5.41) is 12.3. The second-order valence-corrected chi connectivity index (χ2v) is 5.00. The summed E-state index contributed by atoms with van der Waals surface area (Å²) in [7, 11) is 1.69. The maximum atomic E-state index is 11.4. The van der Waals surface area contributed by atoms with Crippen LogP contribution in [0.15, 0.2) is 24.3 Å². The molecule has 0 radical (unpaired) electrons. The highest BCUT2D eigenvalue weighted by Crippen LogP contribution is 2.35. The van der Waals surface area contributed by atoms with Gasteiger partial charge < -0.3 is 19.9 Å². The SMILES string of the molecule is CCOc1ccccc1OC1CCC(NC)(C(=O)O)C1. The molecule has 0 aromatic heterocycles. The Bertz CT molecular complexity index is 477. The normalized spacial score (nSPS) is 25.4. The molecule has 0 bridgehead atoms. The van der Waals surface area contributed by atoms with E-state index in [0.717, 1.165) is 0 Å². The van der Waals surface area contributed by atoms with Gasteiger partial charge in [0.15, 0.2) is 11.5 Å². The predicted molar refractivity (Wildman–Crippen MR) is 75.3 cm³/mol. The third kappa shape index (κ3) is 2.88. The van der Waals surface area contributed by atoms with Gasteiger partial charge in [-0.1, -0.05) is 12.1 Å². The summed E-state index contributed by atoms with van der Waals surface area (Å²) in [6, 6.07) is 7.48. The van der Waals surface area contributed by atoms with Crippen molar-refractivity contribution < 1.29 is 19.4 Å². The van der Waals surface area contributed by atoms with Gasteiger partial charge >= 0.3 is 5.97 Å². The van der Waals surface area contributed by atoms with Gasteiger partial charge in [-0.15, -0.1) is 0 Å². The first-order valence-corrected chi connectivity index (χ1v) is 6.92. The Balaban J connectivity index is 2.07. The zero-order valence-electron chi connectivity index (χ0n) is 11.9. The van der Waals surface area contributed by atoms with Crippen LogP contribution in [0.25, 0.3) is 0 Å². The zero-order chi connectivity index (χ0) is 14.6. The number of carbonyl (C=O) groups is 1. The lowest BCUT2D eigenvalue weighted by atomic mass is 9.98. The molecule has 0 amide bonds. The number of carboxylic acid groups (broad SMARTS) is 1. The molecule has 2 atom stereocenters. The van der Waals surface area contributed by atoms with Gasteiger partial charge in [0, 0.05) is 6.42 Å². The van der Waals surface area contributed by atoms with Crippen LogP contribution >= 0.6 is 0 Å². The van der Waals surface area contributed by atoms with Crippen LogP contribution in [0, 0.1) is 0 Å². The summed E-state index contributed by atoms with van der Waals surface area (Å²) in [4.78, 5) is 11.4. The Hall–Kier alpha value is -1.75. The number of nitrogens with one attached hydrogen (secondary N) is 1. The van der Waals surface area contributed by atoms with Gasteiger partial charge in [0.2, 0.25) is 0 Å². The summed E-state index contributed by atoms with van der Waals surface area (Å²) in [6.07, 6.45) is 1.63. The van der Waals surface area contributed by atoms with E-state index >= 15 is 0 Å². The van der Waals surface area contributed by atoms with Crippen LogP contribution in [0.4, 0.5) is 0 Å². The number of rotatable bonds is 6. The molecule has 1 saturated carbocycles. The van der Waals surface area contributed by atoms with Crippen molar-refractivity contribution in [3.05, 3.63) is 24.3 Å². The van der Waals surface area contributed by atoms with E-state index in [-0.39, 0.29) is 6.10 Å². The van der Waals surface area contributed by atoms with Crippen LogP contribution in [0.5, 0.6) is 11.5 Å². The molecule has 1 aliphatic carbocycles. The highest BCUT2D eigenvalue weighted by Gasteiger charge is 2.45. The molecule has 0 saturated heterocycles. The minimum atomic E-state index is -0.870. The van der Waals surface area contributed by atoms with Crippen LogP contribution in [0.3, 0.4) is 0 Å². The molecule has 1 aromatic carbocycles. The molecule has 0 heterocycles. The Labute approximate surface area is 118 Å². The van der Waals surface area contributed by atoms with Gasteiger partial charge in [-0.05, 0) is 38.9 Å². The second-order valence-electron chi connectivity index (χ2n) is 5.00. The molecule has 20 heavy (non-hydrogen) atoms. The van der Waals surface area contributed by atoms with Crippen LogP contribution in [0.2, 0.25) is 0 Å². The molecule has 1 aliphatic rings. The molecular weight excluding hydrogens is 258 g/mol. The maximum absolute atomic E-state index is 11.4. The Kier molecular flexibility index (Phi) is 4.49. The molecule has 5 nitrogen and oxygen atoms in total.